The molecule has 1 atom stereocenters. The highest BCUT2D eigenvalue weighted by Crippen LogP contribution is 2.28. The quantitative estimate of drug-likeness (QED) is 0.824. The number of thiophene rings is 1. The molecule has 0 radical (unpaired) electrons. The summed E-state index contributed by atoms with van der Waals surface area (Å²) in [5.41, 5.74) is 0. The van der Waals surface area contributed by atoms with Gasteiger partial charge in [-0.25, -0.2) is 13.4 Å². The fourth-order valence-electron chi connectivity index (χ4n) is 2.87. The fourth-order valence-corrected chi connectivity index (χ4v) is 5.64. The van der Waals surface area contributed by atoms with E-state index in [0.29, 0.717) is 32.4 Å². The molecular formula is C15H20N4O3S2. The largest absolute Gasteiger partial charge is 0.354 e. The normalized spacial score (nSPS) is 18.8. The number of nitrogens with one attached hydrogen (secondary N) is 1. The summed E-state index contributed by atoms with van der Waals surface area (Å²) in [4.78, 5) is 16.6. The zero-order chi connectivity index (χ0) is 17.2. The Balaban J connectivity index is 1.63. The first-order valence-corrected chi connectivity index (χ1v) is 10.1. The van der Waals surface area contributed by atoms with Crippen molar-refractivity contribution in [2.75, 3.05) is 13.1 Å². The summed E-state index contributed by atoms with van der Waals surface area (Å²) < 4.78 is 28.8. The second kappa shape index (κ2) is 7.04. The first-order chi connectivity index (χ1) is 11.5. The third-order valence-electron chi connectivity index (χ3n) is 4.13. The first kappa shape index (κ1) is 17.1. The number of imidazole rings is 1. The lowest BCUT2D eigenvalue weighted by atomic mass is 10.2. The van der Waals surface area contributed by atoms with Crippen LogP contribution in [0.15, 0.2) is 34.1 Å². The van der Waals surface area contributed by atoms with Crippen molar-refractivity contribution in [1.82, 2.24) is 19.2 Å². The van der Waals surface area contributed by atoms with Gasteiger partial charge in [-0.3, -0.25) is 4.79 Å². The fraction of sp³-hybridized carbons (Fsp3) is 0.467. The molecule has 0 saturated carbocycles. The minimum atomic E-state index is -3.59. The molecule has 0 spiro atoms. The van der Waals surface area contributed by atoms with E-state index in [1.54, 1.807) is 23.7 Å². The number of sulfonamides is 1. The maximum absolute atomic E-state index is 12.7. The van der Waals surface area contributed by atoms with Crippen molar-refractivity contribution in [1.29, 1.82) is 0 Å². The van der Waals surface area contributed by atoms with Crippen LogP contribution in [0.3, 0.4) is 0 Å². The lowest BCUT2D eigenvalue weighted by molar-refractivity contribution is -0.124. The Bertz CT molecular complexity index is 799. The monoisotopic (exact) mass is 368 g/mol. The standard InChI is InChI=1S/C15H20N4O3S2/c1-18-10-8-16-13(18)6-7-17-15(20)12-4-2-9-19(12)24(21,22)14-5-3-11-23-14/h3,5,8,10-12H,2,4,6-7,9H2,1H3,(H,17,20). The molecule has 1 saturated heterocycles. The Labute approximate surface area is 145 Å². The van der Waals surface area contributed by atoms with Crippen LogP contribution in [0.5, 0.6) is 0 Å². The van der Waals surface area contributed by atoms with Gasteiger partial charge in [0, 0.05) is 39.0 Å². The lowest BCUT2D eigenvalue weighted by Crippen LogP contribution is -2.46. The van der Waals surface area contributed by atoms with Crippen LogP contribution >= 0.6 is 11.3 Å². The summed E-state index contributed by atoms with van der Waals surface area (Å²) in [7, 11) is -1.69. The number of aryl methyl sites for hydroxylation is 1. The minimum absolute atomic E-state index is 0.234. The van der Waals surface area contributed by atoms with Crippen LogP contribution in [0.25, 0.3) is 0 Å². The molecule has 3 rings (SSSR count). The SMILES string of the molecule is Cn1ccnc1CCNC(=O)C1CCCN1S(=O)(=O)c1cccs1. The molecule has 0 aromatic carbocycles. The smallest absolute Gasteiger partial charge is 0.253 e. The average Bonchev–Trinajstić information content (AvgIpc) is 3.29. The second-order valence-corrected chi connectivity index (χ2v) is 8.77. The van der Waals surface area contributed by atoms with Gasteiger partial charge in [-0.15, -0.1) is 11.3 Å². The van der Waals surface area contributed by atoms with Crippen LogP contribution in [0.1, 0.15) is 18.7 Å². The van der Waals surface area contributed by atoms with Gasteiger partial charge in [-0.05, 0) is 24.3 Å². The average molecular weight is 368 g/mol. The highest BCUT2D eigenvalue weighted by molar-refractivity contribution is 7.91. The van der Waals surface area contributed by atoms with Crippen LogP contribution in [-0.4, -0.2) is 47.3 Å². The van der Waals surface area contributed by atoms with Crippen LogP contribution in [0.2, 0.25) is 0 Å². The van der Waals surface area contributed by atoms with Crippen molar-refractivity contribution in [3.8, 4) is 0 Å². The third-order valence-corrected chi connectivity index (χ3v) is 7.41. The summed E-state index contributed by atoms with van der Waals surface area (Å²) in [6.45, 7) is 0.824. The minimum Gasteiger partial charge on any atom is -0.354 e. The van der Waals surface area contributed by atoms with Gasteiger partial charge in [0.2, 0.25) is 5.91 Å². The van der Waals surface area contributed by atoms with Gasteiger partial charge in [0.15, 0.2) is 0 Å². The van der Waals surface area contributed by atoms with Gasteiger partial charge in [0.1, 0.15) is 16.1 Å². The number of carbonyl (C=O) groups is 1. The van der Waals surface area contributed by atoms with Gasteiger partial charge >= 0.3 is 0 Å². The molecule has 1 unspecified atom stereocenters. The topological polar surface area (TPSA) is 84.3 Å². The molecule has 9 heteroatoms. The van der Waals surface area contributed by atoms with E-state index in [-0.39, 0.29) is 10.1 Å². The van der Waals surface area contributed by atoms with E-state index in [1.165, 1.54) is 15.6 Å². The molecule has 2 aromatic heterocycles. The molecule has 1 aliphatic heterocycles. The number of amides is 1. The maximum atomic E-state index is 12.7. The highest BCUT2D eigenvalue weighted by atomic mass is 32.2. The molecule has 1 fully saturated rings. The molecular weight excluding hydrogens is 348 g/mol. The van der Waals surface area contributed by atoms with Crippen LogP contribution in [0, 0.1) is 0 Å². The van der Waals surface area contributed by atoms with E-state index in [0.717, 1.165) is 5.82 Å². The molecule has 0 aliphatic carbocycles. The summed E-state index contributed by atoms with van der Waals surface area (Å²) >= 11 is 1.18. The molecule has 0 bridgehead atoms. The molecule has 1 N–H and O–H groups in total. The Kier molecular flexibility index (Phi) is 5.02. The van der Waals surface area contributed by atoms with Gasteiger partial charge in [-0.2, -0.15) is 4.31 Å². The van der Waals surface area contributed by atoms with E-state index in [4.69, 9.17) is 0 Å². The molecule has 130 valence electrons. The number of carbonyl (C=O) groups excluding carboxylic acids is 1. The van der Waals surface area contributed by atoms with Gasteiger partial charge in [-0.1, -0.05) is 6.07 Å². The number of hydrogen-bond donors (Lipinski definition) is 1. The van der Waals surface area contributed by atoms with Crippen molar-refractivity contribution in [2.24, 2.45) is 7.05 Å². The maximum Gasteiger partial charge on any atom is 0.253 e. The van der Waals surface area contributed by atoms with Crippen LogP contribution in [0.4, 0.5) is 0 Å². The Hall–Kier alpha value is -1.71. The second-order valence-electron chi connectivity index (χ2n) is 5.70. The van der Waals surface area contributed by atoms with Crippen LogP contribution < -0.4 is 5.32 Å². The van der Waals surface area contributed by atoms with Gasteiger partial charge in [0.05, 0.1) is 0 Å². The van der Waals surface area contributed by atoms with E-state index in [2.05, 4.69) is 10.3 Å². The Morgan fingerprint density at radius 3 is 3.00 bits per heavy atom. The lowest BCUT2D eigenvalue weighted by Gasteiger charge is -2.22. The zero-order valence-corrected chi connectivity index (χ0v) is 15.0. The zero-order valence-electron chi connectivity index (χ0n) is 13.4. The highest BCUT2D eigenvalue weighted by Gasteiger charge is 2.39. The Morgan fingerprint density at radius 1 is 1.50 bits per heavy atom. The molecule has 2 aromatic rings. The first-order valence-electron chi connectivity index (χ1n) is 7.79. The van der Waals surface area contributed by atoms with E-state index in [1.807, 2.05) is 17.8 Å². The molecule has 1 aliphatic rings. The van der Waals surface area contributed by atoms with Crippen molar-refractivity contribution in [2.45, 2.75) is 29.5 Å². The summed E-state index contributed by atoms with van der Waals surface area (Å²) in [6, 6.07) is 2.66. The van der Waals surface area contributed by atoms with Crippen molar-refractivity contribution >= 4 is 27.3 Å². The molecule has 24 heavy (non-hydrogen) atoms. The van der Waals surface area contributed by atoms with Gasteiger partial charge in [0.25, 0.3) is 10.0 Å². The number of rotatable bonds is 6. The Morgan fingerprint density at radius 2 is 2.33 bits per heavy atom. The number of hydrogen-bond acceptors (Lipinski definition) is 5. The van der Waals surface area contributed by atoms with E-state index >= 15 is 0 Å². The number of aromatic nitrogens is 2. The van der Waals surface area contributed by atoms with Gasteiger partial charge < -0.3 is 9.88 Å². The van der Waals surface area contributed by atoms with E-state index in [9.17, 15) is 13.2 Å². The molecule has 3 heterocycles. The van der Waals surface area contributed by atoms with Crippen LogP contribution in [-0.2, 0) is 28.3 Å². The van der Waals surface area contributed by atoms with Crippen molar-refractivity contribution < 1.29 is 13.2 Å². The summed E-state index contributed by atoms with van der Waals surface area (Å²) in [5.74, 6) is 0.645. The number of nitrogens with zero attached hydrogens (tertiary/aromatic N) is 3. The summed E-state index contributed by atoms with van der Waals surface area (Å²) in [6.07, 6.45) is 5.42. The molecule has 7 nitrogen and oxygen atoms in total. The molecule has 1 amide bonds. The van der Waals surface area contributed by atoms with E-state index < -0.39 is 16.1 Å². The summed E-state index contributed by atoms with van der Waals surface area (Å²) in [5, 5.41) is 4.57. The predicted molar refractivity (Wildman–Crippen MR) is 91.2 cm³/mol. The van der Waals surface area contributed by atoms with Crippen molar-refractivity contribution in [3.05, 3.63) is 35.7 Å². The third kappa shape index (κ3) is 3.38. The van der Waals surface area contributed by atoms with Crippen molar-refractivity contribution in [3.63, 3.8) is 0 Å². The predicted octanol–water partition coefficient (Wildman–Crippen LogP) is 0.994.